The molecule has 0 aliphatic rings. The average Bonchev–Trinajstić information content (AvgIpc) is 2.17. The molecule has 0 amide bonds. The molecule has 1 aromatic rings. The lowest BCUT2D eigenvalue weighted by Gasteiger charge is -2.14. The van der Waals surface area contributed by atoms with Crippen LogP contribution in [0.5, 0.6) is 0 Å². The van der Waals surface area contributed by atoms with Gasteiger partial charge in [-0.15, -0.1) is 0 Å². The molecule has 1 N–H and O–H groups in total. The number of aromatic nitrogens is 1. The molecule has 1 aromatic heterocycles. The molecule has 2 nitrogen and oxygen atoms in total. The number of alkyl halides is 3. The molecular formula is C10H13F3N2. The van der Waals surface area contributed by atoms with E-state index in [0.29, 0.717) is 0 Å². The summed E-state index contributed by atoms with van der Waals surface area (Å²) in [6.45, 7) is 1.76. The zero-order valence-corrected chi connectivity index (χ0v) is 8.38. The predicted octanol–water partition coefficient (Wildman–Crippen LogP) is 2.68. The monoisotopic (exact) mass is 218 g/mol. The van der Waals surface area contributed by atoms with Crippen LogP contribution in [0.15, 0.2) is 24.5 Å². The average molecular weight is 218 g/mol. The standard InChI is InChI=1S/C10H13F3N2/c1-8(9-2-5-14-6-3-9)15-7-4-10(11,12)13/h2-3,5-6,8,15H,4,7H2,1H3. The quantitative estimate of drug-likeness (QED) is 0.840. The first kappa shape index (κ1) is 12.0. The molecule has 84 valence electrons. The second-order valence-electron chi connectivity index (χ2n) is 3.32. The largest absolute Gasteiger partial charge is 0.390 e. The molecule has 0 radical (unpaired) electrons. The molecule has 0 aliphatic carbocycles. The molecule has 5 heteroatoms. The fraction of sp³-hybridized carbons (Fsp3) is 0.500. The summed E-state index contributed by atoms with van der Waals surface area (Å²) in [5.41, 5.74) is 0.937. The van der Waals surface area contributed by atoms with E-state index in [4.69, 9.17) is 0 Å². The minimum atomic E-state index is -4.09. The van der Waals surface area contributed by atoms with Crippen molar-refractivity contribution >= 4 is 0 Å². The Morgan fingerprint density at radius 3 is 2.47 bits per heavy atom. The minimum absolute atomic E-state index is 0.0625. The second kappa shape index (κ2) is 5.11. The predicted molar refractivity (Wildman–Crippen MR) is 51.3 cm³/mol. The van der Waals surface area contributed by atoms with Gasteiger partial charge in [-0.05, 0) is 24.6 Å². The van der Waals surface area contributed by atoms with E-state index in [0.717, 1.165) is 5.56 Å². The van der Waals surface area contributed by atoms with Crippen LogP contribution in [0.4, 0.5) is 13.2 Å². The van der Waals surface area contributed by atoms with Crippen molar-refractivity contribution in [2.45, 2.75) is 25.6 Å². The summed E-state index contributed by atoms with van der Waals surface area (Å²) < 4.78 is 35.6. The lowest BCUT2D eigenvalue weighted by atomic mass is 10.1. The van der Waals surface area contributed by atoms with Gasteiger partial charge in [0.25, 0.3) is 0 Å². The van der Waals surface area contributed by atoms with Crippen LogP contribution < -0.4 is 5.32 Å². The van der Waals surface area contributed by atoms with E-state index >= 15 is 0 Å². The van der Waals surface area contributed by atoms with Gasteiger partial charge in [-0.1, -0.05) is 0 Å². The van der Waals surface area contributed by atoms with E-state index in [1.165, 1.54) is 0 Å². The molecule has 0 fully saturated rings. The molecule has 1 unspecified atom stereocenters. The van der Waals surface area contributed by atoms with Gasteiger partial charge in [-0.2, -0.15) is 13.2 Å². The maximum atomic E-state index is 11.9. The number of hydrogen-bond donors (Lipinski definition) is 1. The Bertz CT molecular complexity index is 284. The summed E-state index contributed by atoms with van der Waals surface area (Å²) in [5, 5.41) is 2.81. The fourth-order valence-electron chi connectivity index (χ4n) is 1.20. The highest BCUT2D eigenvalue weighted by molar-refractivity contribution is 5.13. The Morgan fingerprint density at radius 2 is 1.93 bits per heavy atom. The molecule has 15 heavy (non-hydrogen) atoms. The summed E-state index contributed by atoms with van der Waals surface area (Å²) in [6, 6.07) is 3.48. The van der Waals surface area contributed by atoms with Gasteiger partial charge in [-0.25, -0.2) is 0 Å². The fourth-order valence-corrected chi connectivity index (χ4v) is 1.20. The van der Waals surface area contributed by atoms with Crippen LogP contribution in [0.1, 0.15) is 24.9 Å². The summed E-state index contributed by atoms with van der Waals surface area (Å²) >= 11 is 0. The van der Waals surface area contributed by atoms with Gasteiger partial charge >= 0.3 is 6.18 Å². The topological polar surface area (TPSA) is 24.9 Å². The molecule has 0 bridgehead atoms. The van der Waals surface area contributed by atoms with Gasteiger partial charge in [-0.3, -0.25) is 4.98 Å². The molecule has 1 heterocycles. The third kappa shape index (κ3) is 4.78. The van der Waals surface area contributed by atoms with Crippen LogP contribution in [0.2, 0.25) is 0 Å². The van der Waals surface area contributed by atoms with Crippen molar-refractivity contribution < 1.29 is 13.2 Å². The van der Waals surface area contributed by atoms with Crippen molar-refractivity contribution in [1.82, 2.24) is 10.3 Å². The number of rotatable bonds is 4. The number of nitrogens with one attached hydrogen (secondary N) is 1. The van der Waals surface area contributed by atoms with Gasteiger partial charge in [0.1, 0.15) is 0 Å². The number of hydrogen-bond acceptors (Lipinski definition) is 2. The maximum Gasteiger partial charge on any atom is 0.390 e. The van der Waals surface area contributed by atoms with Crippen LogP contribution in [-0.2, 0) is 0 Å². The van der Waals surface area contributed by atoms with Gasteiger partial charge < -0.3 is 5.32 Å². The van der Waals surface area contributed by atoms with E-state index in [9.17, 15) is 13.2 Å². The number of halogens is 3. The molecule has 0 saturated heterocycles. The van der Waals surface area contributed by atoms with E-state index in [1.807, 2.05) is 6.92 Å². The molecular weight excluding hydrogens is 205 g/mol. The lowest BCUT2D eigenvalue weighted by Crippen LogP contribution is -2.24. The van der Waals surface area contributed by atoms with Gasteiger partial charge in [0.2, 0.25) is 0 Å². The zero-order valence-electron chi connectivity index (χ0n) is 8.38. The summed E-state index contributed by atoms with van der Waals surface area (Å²) in [7, 11) is 0. The number of pyridine rings is 1. The third-order valence-electron chi connectivity index (χ3n) is 2.07. The van der Waals surface area contributed by atoms with Crippen LogP contribution in [-0.4, -0.2) is 17.7 Å². The van der Waals surface area contributed by atoms with Crippen molar-refractivity contribution in [3.8, 4) is 0 Å². The van der Waals surface area contributed by atoms with Crippen LogP contribution >= 0.6 is 0 Å². The SMILES string of the molecule is CC(NCCC(F)(F)F)c1ccncc1. The first-order chi connectivity index (χ1) is 6.99. The van der Waals surface area contributed by atoms with Crippen molar-refractivity contribution in [2.24, 2.45) is 0 Å². The third-order valence-corrected chi connectivity index (χ3v) is 2.07. The molecule has 0 aliphatic heterocycles. The Hall–Kier alpha value is -1.10. The Labute approximate surface area is 86.5 Å². The Kier molecular flexibility index (Phi) is 4.08. The molecule has 1 atom stereocenters. The number of nitrogens with zero attached hydrogens (tertiary/aromatic N) is 1. The zero-order chi connectivity index (χ0) is 11.3. The van der Waals surface area contributed by atoms with E-state index < -0.39 is 12.6 Å². The Morgan fingerprint density at radius 1 is 1.33 bits per heavy atom. The van der Waals surface area contributed by atoms with Crippen LogP contribution in [0.25, 0.3) is 0 Å². The van der Waals surface area contributed by atoms with Gasteiger partial charge in [0.15, 0.2) is 0 Å². The van der Waals surface area contributed by atoms with Gasteiger partial charge in [0.05, 0.1) is 6.42 Å². The summed E-state index contributed by atoms with van der Waals surface area (Å²) in [4.78, 5) is 3.84. The summed E-state index contributed by atoms with van der Waals surface area (Å²) in [5.74, 6) is 0. The maximum absolute atomic E-state index is 11.9. The first-order valence-corrected chi connectivity index (χ1v) is 4.69. The highest BCUT2D eigenvalue weighted by Gasteiger charge is 2.26. The molecule has 0 saturated carbocycles. The molecule has 0 spiro atoms. The highest BCUT2D eigenvalue weighted by Crippen LogP contribution is 2.19. The van der Waals surface area contributed by atoms with Crippen molar-refractivity contribution in [1.29, 1.82) is 0 Å². The lowest BCUT2D eigenvalue weighted by molar-refractivity contribution is -0.133. The minimum Gasteiger partial charge on any atom is -0.310 e. The van der Waals surface area contributed by atoms with E-state index in [1.54, 1.807) is 24.5 Å². The van der Waals surface area contributed by atoms with E-state index in [-0.39, 0.29) is 12.6 Å². The molecule has 0 aromatic carbocycles. The highest BCUT2D eigenvalue weighted by atomic mass is 19.4. The first-order valence-electron chi connectivity index (χ1n) is 4.69. The van der Waals surface area contributed by atoms with Gasteiger partial charge in [0, 0.05) is 25.0 Å². The Balaban J connectivity index is 2.34. The normalized spacial score (nSPS) is 13.9. The summed E-state index contributed by atoms with van der Waals surface area (Å²) in [6.07, 6.45) is -1.65. The molecule has 1 rings (SSSR count). The van der Waals surface area contributed by atoms with E-state index in [2.05, 4.69) is 10.3 Å². The smallest absolute Gasteiger partial charge is 0.310 e. The van der Waals surface area contributed by atoms with Crippen molar-refractivity contribution in [2.75, 3.05) is 6.54 Å². The van der Waals surface area contributed by atoms with Crippen LogP contribution in [0, 0.1) is 0 Å². The van der Waals surface area contributed by atoms with Crippen LogP contribution in [0.3, 0.4) is 0 Å². The van der Waals surface area contributed by atoms with Crippen molar-refractivity contribution in [3.05, 3.63) is 30.1 Å². The van der Waals surface area contributed by atoms with Crippen molar-refractivity contribution in [3.63, 3.8) is 0 Å². The second-order valence-corrected chi connectivity index (χ2v) is 3.32.